The van der Waals surface area contributed by atoms with Gasteiger partial charge < -0.3 is 30.1 Å². The molecule has 0 spiro atoms. The Balaban J connectivity index is 2.13. The van der Waals surface area contributed by atoms with Gasteiger partial charge in [0.2, 0.25) is 0 Å². The summed E-state index contributed by atoms with van der Waals surface area (Å²) in [7, 11) is 1.57. The van der Waals surface area contributed by atoms with Crippen LogP contribution in [-0.2, 0) is 4.74 Å². The molecule has 1 aliphatic heterocycles. The predicted octanol–water partition coefficient (Wildman–Crippen LogP) is -0.642. The van der Waals surface area contributed by atoms with Crippen molar-refractivity contribution < 1.29 is 33.9 Å². The second-order valence-corrected chi connectivity index (χ2v) is 5.26. The summed E-state index contributed by atoms with van der Waals surface area (Å²) in [5.41, 5.74) is -0.140. The van der Waals surface area contributed by atoms with Crippen LogP contribution in [-0.4, -0.2) is 76.0 Å². The third kappa shape index (κ3) is 3.94. The minimum atomic E-state index is -1.61. The Labute approximate surface area is 131 Å². The zero-order valence-electron chi connectivity index (χ0n) is 12.3. The van der Waals surface area contributed by atoms with Crippen LogP contribution >= 0.6 is 0 Å². The van der Waals surface area contributed by atoms with E-state index in [0.717, 1.165) is 12.1 Å². The molecule has 0 amide bonds. The Morgan fingerprint density at radius 2 is 2.04 bits per heavy atom. The Morgan fingerprint density at radius 1 is 1.35 bits per heavy atom. The number of rotatable bonds is 5. The summed E-state index contributed by atoms with van der Waals surface area (Å²) >= 11 is 0. The Bertz CT molecular complexity index is 586. The first-order chi connectivity index (χ1) is 10.8. The smallest absolute Gasteiger partial charge is 0.292 e. The third-order valence-electron chi connectivity index (χ3n) is 3.48. The fourth-order valence-corrected chi connectivity index (χ4v) is 2.13. The van der Waals surface area contributed by atoms with Gasteiger partial charge in [-0.15, -0.1) is 0 Å². The van der Waals surface area contributed by atoms with Crippen LogP contribution < -0.4 is 0 Å². The second kappa shape index (κ2) is 7.18. The lowest BCUT2D eigenvalue weighted by Gasteiger charge is -2.24. The largest absolute Gasteiger partial charge is 0.457 e. The van der Waals surface area contributed by atoms with Crippen LogP contribution in [0.3, 0.4) is 0 Å². The van der Waals surface area contributed by atoms with Crippen molar-refractivity contribution in [3.8, 4) is 0 Å². The highest BCUT2D eigenvalue weighted by Crippen LogP contribution is 2.23. The van der Waals surface area contributed by atoms with Gasteiger partial charge in [-0.25, -0.2) is 8.78 Å². The summed E-state index contributed by atoms with van der Waals surface area (Å²) in [6, 6.07) is 2.85. The van der Waals surface area contributed by atoms with E-state index in [0.29, 0.717) is 6.07 Å². The predicted molar refractivity (Wildman–Crippen MR) is 76.1 cm³/mol. The van der Waals surface area contributed by atoms with Gasteiger partial charge in [-0.2, -0.15) is 4.99 Å². The van der Waals surface area contributed by atoms with Crippen LogP contribution in [0.2, 0.25) is 0 Å². The first-order valence-electron chi connectivity index (χ1n) is 6.90. The van der Waals surface area contributed by atoms with Gasteiger partial charge in [0.15, 0.2) is 5.82 Å². The summed E-state index contributed by atoms with van der Waals surface area (Å²) in [5.74, 6) is -1.60. The highest BCUT2D eigenvalue weighted by Gasteiger charge is 2.38. The van der Waals surface area contributed by atoms with E-state index in [1.165, 1.54) is 4.90 Å². The second-order valence-electron chi connectivity index (χ2n) is 5.26. The molecule has 4 N–H and O–H groups in total. The SMILES string of the molecule is CN1CC([C@@H](O)[C@H](O)[C@H](O)CO)OC1=Nc1ccc(F)cc1F. The molecule has 9 heteroatoms. The Kier molecular flexibility index (Phi) is 5.47. The van der Waals surface area contributed by atoms with Crippen LogP contribution in [0.5, 0.6) is 0 Å². The standard InChI is InChI=1S/C14H18F2N2O5/c1-18-5-11(13(22)12(21)10(20)6-19)23-14(18)17-9-3-2-7(15)4-8(9)16/h2-4,10-13,19-22H,5-6H2,1H3/t10-,11?,12-,13-/m1/s1. The van der Waals surface area contributed by atoms with Gasteiger partial charge in [0, 0.05) is 13.1 Å². The minimum absolute atomic E-state index is 0.0229. The fraction of sp³-hybridized carbons (Fsp3) is 0.500. The average Bonchev–Trinajstić information content (AvgIpc) is 2.88. The maximum Gasteiger partial charge on any atom is 0.292 e. The number of hydrogen-bond donors (Lipinski definition) is 4. The highest BCUT2D eigenvalue weighted by atomic mass is 19.1. The van der Waals surface area contributed by atoms with Crippen molar-refractivity contribution in [2.75, 3.05) is 20.2 Å². The number of likely N-dealkylation sites (N-methyl/N-ethyl adjacent to an activating group) is 1. The molecule has 1 aromatic carbocycles. The number of aliphatic hydroxyl groups excluding tert-OH is 4. The van der Waals surface area contributed by atoms with Crippen molar-refractivity contribution in [1.29, 1.82) is 0 Å². The molecule has 0 saturated carbocycles. The lowest BCUT2D eigenvalue weighted by Crippen LogP contribution is -2.47. The molecule has 4 atom stereocenters. The zero-order chi connectivity index (χ0) is 17.1. The molecular weight excluding hydrogens is 314 g/mol. The molecule has 1 unspecified atom stereocenters. The van der Waals surface area contributed by atoms with Crippen LogP contribution in [0.4, 0.5) is 14.5 Å². The van der Waals surface area contributed by atoms with E-state index >= 15 is 0 Å². The van der Waals surface area contributed by atoms with Gasteiger partial charge in [-0.3, -0.25) is 0 Å². The first-order valence-corrected chi connectivity index (χ1v) is 6.90. The zero-order valence-corrected chi connectivity index (χ0v) is 12.3. The van der Waals surface area contributed by atoms with Crippen molar-refractivity contribution >= 4 is 11.7 Å². The molecule has 0 radical (unpaired) electrons. The van der Waals surface area contributed by atoms with E-state index in [2.05, 4.69) is 4.99 Å². The molecule has 0 bridgehead atoms. The van der Waals surface area contributed by atoms with Gasteiger partial charge in [0.05, 0.1) is 13.2 Å². The van der Waals surface area contributed by atoms with Crippen molar-refractivity contribution in [3.05, 3.63) is 29.8 Å². The van der Waals surface area contributed by atoms with Crippen LogP contribution in [0, 0.1) is 11.6 Å². The van der Waals surface area contributed by atoms with Crippen LogP contribution in [0.15, 0.2) is 23.2 Å². The lowest BCUT2D eigenvalue weighted by atomic mass is 10.0. The van der Waals surface area contributed by atoms with E-state index < -0.39 is 42.7 Å². The number of ether oxygens (including phenoxy) is 1. The van der Waals surface area contributed by atoms with E-state index in [4.69, 9.17) is 9.84 Å². The van der Waals surface area contributed by atoms with E-state index in [9.17, 15) is 24.1 Å². The summed E-state index contributed by atoms with van der Waals surface area (Å²) in [4.78, 5) is 5.38. The first kappa shape index (κ1) is 17.5. The summed E-state index contributed by atoms with van der Waals surface area (Å²) in [6.07, 6.45) is -5.54. The highest BCUT2D eigenvalue weighted by molar-refractivity contribution is 5.78. The molecule has 0 aliphatic carbocycles. The quantitative estimate of drug-likeness (QED) is 0.571. The molecule has 0 aromatic heterocycles. The number of amidine groups is 1. The maximum absolute atomic E-state index is 13.6. The molecule has 1 fully saturated rings. The fourth-order valence-electron chi connectivity index (χ4n) is 2.13. The van der Waals surface area contributed by atoms with Gasteiger partial charge in [-0.1, -0.05) is 0 Å². The summed E-state index contributed by atoms with van der Waals surface area (Å²) < 4.78 is 31.8. The van der Waals surface area contributed by atoms with Crippen LogP contribution in [0.25, 0.3) is 0 Å². The van der Waals surface area contributed by atoms with E-state index in [-0.39, 0.29) is 18.3 Å². The van der Waals surface area contributed by atoms with Gasteiger partial charge in [0.25, 0.3) is 6.02 Å². The number of hydrogen-bond acceptors (Lipinski definition) is 6. The van der Waals surface area contributed by atoms with Crippen molar-refractivity contribution in [1.82, 2.24) is 4.90 Å². The lowest BCUT2D eigenvalue weighted by molar-refractivity contribution is -0.106. The minimum Gasteiger partial charge on any atom is -0.457 e. The molecule has 23 heavy (non-hydrogen) atoms. The number of aliphatic hydroxyl groups is 4. The molecule has 1 aliphatic rings. The van der Waals surface area contributed by atoms with Crippen molar-refractivity contribution in [2.24, 2.45) is 4.99 Å². The summed E-state index contributed by atoms with van der Waals surface area (Å²) in [6.45, 7) is -0.597. The molecule has 128 valence electrons. The normalized spacial score (nSPS) is 23.7. The number of benzene rings is 1. The molecular formula is C14H18F2N2O5. The van der Waals surface area contributed by atoms with Crippen molar-refractivity contribution in [3.63, 3.8) is 0 Å². The number of nitrogens with zero attached hydrogens (tertiary/aromatic N) is 2. The molecule has 7 nitrogen and oxygen atoms in total. The van der Waals surface area contributed by atoms with Gasteiger partial charge >= 0.3 is 0 Å². The average molecular weight is 332 g/mol. The number of aliphatic imine (C=N–C) groups is 1. The monoisotopic (exact) mass is 332 g/mol. The van der Waals surface area contributed by atoms with Gasteiger partial charge in [0.1, 0.15) is 35.9 Å². The molecule has 1 heterocycles. The molecule has 1 aromatic rings. The Morgan fingerprint density at radius 3 is 2.65 bits per heavy atom. The third-order valence-corrected chi connectivity index (χ3v) is 3.48. The van der Waals surface area contributed by atoms with Crippen LogP contribution in [0.1, 0.15) is 0 Å². The summed E-state index contributed by atoms with van der Waals surface area (Å²) in [5, 5.41) is 37.8. The van der Waals surface area contributed by atoms with Crippen molar-refractivity contribution in [2.45, 2.75) is 24.4 Å². The maximum atomic E-state index is 13.6. The van der Waals surface area contributed by atoms with E-state index in [1.54, 1.807) is 7.05 Å². The van der Waals surface area contributed by atoms with E-state index in [1.807, 2.05) is 0 Å². The van der Waals surface area contributed by atoms with Gasteiger partial charge in [-0.05, 0) is 12.1 Å². The topological polar surface area (TPSA) is 106 Å². The Hall–Kier alpha value is -1.81. The molecule has 2 rings (SSSR count). The molecule has 1 saturated heterocycles. The number of halogens is 2.